The molecule has 0 fully saturated rings. The summed E-state index contributed by atoms with van der Waals surface area (Å²) >= 11 is 0. The molecule has 15 heteroatoms. The zero-order valence-corrected chi connectivity index (χ0v) is 16.2. The fourth-order valence-corrected chi connectivity index (χ4v) is 2.06. The van der Waals surface area contributed by atoms with Crippen molar-refractivity contribution in [1.82, 2.24) is 15.0 Å². The van der Waals surface area contributed by atoms with Gasteiger partial charge >= 0.3 is 0 Å². The molecule has 15 nitrogen and oxygen atoms in total. The molecule has 174 valence electrons. The van der Waals surface area contributed by atoms with Crippen LogP contribution in [0.4, 0.5) is 17.8 Å². The SMILES string of the molecule is OCC(CO)(CO)Nc1nc(NC(CO)(CO)CO)nc(NC(CO)(CO)CO)n1. The molecule has 0 radical (unpaired) electrons. The van der Waals surface area contributed by atoms with Crippen molar-refractivity contribution in [2.45, 2.75) is 16.6 Å². The lowest BCUT2D eigenvalue weighted by atomic mass is 10.0. The van der Waals surface area contributed by atoms with Crippen LogP contribution in [-0.2, 0) is 0 Å². The number of nitrogens with zero attached hydrogens (tertiary/aromatic N) is 3. The summed E-state index contributed by atoms with van der Waals surface area (Å²) in [6.45, 7) is -6.38. The molecule has 1 aromatic heterocycles. The Kier molecular flexibility index (Phi) is 9.95. The Labute approximate surface area is 171 Å². The number of anilines is 3. The molecule has 1 aromatic rings. The molecule has 0 unspecified atom stereocenters. The van der Waals surface area contributed by atoms with Crippen LogP contribution in [0.3, 0.4) is 0 Å². The van der Waals surface area contributed by atoms with E-state index in [-0.39, 0.29) is 17.8 Å². The van der Waals surface area contributed by atoms with E-state index in [9.17, 15) is 46.0 Å². The zero-order valence-electron chi connectivity index (χ0n) is 16.2. The highest BCUT2D eigenvalue weighted by molar-refractivity contribution is 5.46. The molecular formula is C15H30N6O9. The molecule has 0 atom stereocenters. The van der Waals surface area contributed by atoms with Crippen LogP contribution in [0.15, 0.2) is 0 Å². The smallest absolute Gasteiger partial charge is 0.229 e. The van der Waals surface area contributed by atoms with Gasteiger partial charge in [-0.2, -0.15) is 15.0 Å². The monoisotopic (exact) mass is 438 g/mol. The molecule has 0 saturated carbocycles. The first-order valence-corrected chi connectivity index (χ1v) is 8.87. The number of nitrogens with one attached hydrogen (secondary N) is 3. The van der Waals surface area contributed by atoms with E-state index in [0.29, 0.717) is 0 Å². The van der Waals surface area contributed by atoms with E-state index >= 15 is 0 Å². The van der Waals surface area contributed by atoms with E-state index in [1.807, 2.05) is 0 Å². The van der Waals surface area contributed by atoms with Crippen LogP contribution >= 0.6 is 0 Å². The van der Waals surface area contributed by atoms with Crippen LogP contribution in [0, 0.1) is 0 Å². The molecule has 1 heterocycles. The summed E-state index contributed by atoms with van der Waals surface area (Å²) in [6.07, 6.45) is 0. The van der Waals surface area contributed by atoms with Gasteiger partial charge in [-0.05, 0) is 0 Å². The Morgan fingerprint density at radius 2 is 0.567 bits per heavy atom. The van der Waals surface area contributed by atoms with E-state index < -0.39 is 76.1 Å². The molecule has 0 aliphatic carbocycles. The fraction of sp³-hybridized carbons (Fsp3) is 0.800. The van der Waals surface area contributed by atoms with Crippen LogP contribution in [0.5, 0.6) is 0 Å². The highest BCUT2D eigenvalue weighted by Gasteiger charge is 2.33. The Bertz CT molecular complexity index is 518. The molecule has 0 aliphatic rings. The summed E-state index contributed by atoms with van der Waals surface area (Å²) < 4.78 is 0. The van der Waals surface area contributed by atoms with Gasteiger partial charge in [0.1, 0.15) is 16.6 Å². The summed E-state index contributed by atoms with van der Waals surface area (Å²) in [5.41, 5.74) is -4.88. The van der Waals surface area contributed by atoms with Gasteiger partial charge in [0.25, 0.3) is 0 Å². The third-order valence-corrected chi connectivity index (χ3v) is 4.49. The van der Waals surface area contributed by atoms with E-state index in [2.05, 4.69) is 30.9 Å². The first-order valence-electron chi connectivity index (χ1n) is 8.87. The third kappa shape index (κ3) is 6.03. The molecule has 0 aliphatic heterocycles. The Morgan fingerprint density at radius 3 is 0.700 bits per heavy atom. The van der Waals surface area contributed by atoms with Gasteiger partial charge < -0.3 is 61.9 Å². The minimum absolute atomic E-state index is 0.308. The van der Waals surface area contributed by atoms with Gasteiger partial charge in [0.05, 0.1) is 59.5 Å². The predicted molar refractivity (Wildman–Crippen MR) is 103 cm³/mol. The highest BCUT2D eigenvalue weighted by atomic mass is 16.3. The second-order valence-corrected chi connectivity index (χ2v) is 6.95. The molecule has 12 N–H and O–H groups in total. The van der Waals surface area contributed by atoms with Crippen molar-refractivity contribution in [3.63, 3.8) is 0 Å². The number of aliphatic hydroxyl groups is 9. The van der Waals surface area contributed by atoms with Crippen LogP contribution < -0.4 is 16.0 Å². The van der Waals surface area contributed by atoms with Crippen LogP contribution in [-0.4, -0.2) is 137 Å². The van der Waals surface area contributed by atoms with Crippen molar-refractivity contribution in [2.75, 3.05) is 75.4 Å². The maximum absolute atomic E-state index is 9.49. The average molecular weight is 438 g/mol. The van der Waals surface area contributed by atoms with E-state index in [4.69, 9.17) is 0 Å². The van der Waals surface area contributed by atoms with Crippen molar-refractivity contribution < 1.29 is 46.0 Å². The molecule has 30 heavy (non-hydrogen) atoms. The maximum atomic E-state index is 9.49. The van der Waals surface area contributed by atoms with Crippen molar-refractivity contribution in [3.05, 3.63) is 0 Å². The van der Waals surface area contributed by atoms with Gasteiger partial charge in [-0.25, -0.2) is 0 Å². The number of rotatable bonds is 15. The fourth-order valence-electron chi connectivity index (χ4n) is 2.06. The Morgan fingerprint density at radius 1 is 0.400 bits per heavy atom. The second-order valence-electron chi connectivity index (χ2n) is 6.95. The maximum Gasteiger partial charge on any atom is 0.229 e. The molecule has 0 aromatic carbocycles. The van der Waals surface area contributed by atoms with Crippen molar-refractivity contribution in [1.29, 1.82) is 0 Å². The van der Waals surface area contributed by atoms with Crippen molar-refractivity contribution in [3.8, 4) is 0 Å². The summed E-state index contributed by atoms with van der Waals surface area (Å²) in [5.74, 6) is -0.923. The van der Waals surface area contributed by atoms with Crippen molar-refractivity contribution >= 4 is 17.8 Å². The van der Waals surface area contributed by atoms with E-state index in [1.165, 1.54) is 0 Å². The minimum Gasteiger partial charge on any atom is -0.394 e. The lowest BCUT2D eigenvalue weighted by Gasteiger charge is -2.32. The van der Waals surface area contributed by atoms with Gasteiger partial charge in [-0.15, -0.1) is 0 Å². The van der Waals surface area contributed by atoms with Crippen molar-refractivity contribution in [2.24, 2.45) is 0 Å². The molecule has 0 spiro atoms. The summed E-state index contributed by atoms with van der Waals surface area (Å²) in [6, 6.07) is 0. The van der Waals surface area contributed by atoms with Crippen LogP contribution in [0.2, 0.25) is 0 Å². The summed E-state index contributed by atoms with van der Waals surface area (Å²) in [5, 5.41) is 93.1. The highest BCUT2D eigenvalue weighted by Crippen LogP contribution is 2.20. The number of aliphatic hydroxyl groups excluding tert-OH is 9. The quantitative estimate of drug-likeness (QED) is 0.122. The minimum atomic E-state index is -1.63. The van der Waals surface area contributed by atoms with Gasteiger partial charge in [0, 0.05) is 0 Å². The number of hydrogen-bond acceptors (Lipinski definition) is 15. The van der Waals surface area contributed by atoms with Gasteiger partial charge in [-0.3, -0.25) is 0 Å². The standard InChI is InChI=1S/C15H30N6O9/c22-1-13(2-23,3-24)19-10-16-11(20-14(4-25,5-26)6-27)18-12(17-10)21-15(7-28,8-29)9-30/h22-30H,1-9H2,(H3,16,17,18,19,20,21). The molecule has 0 saturated heterocycles. The van der Waals surface area contributed by atoms with Gasteiger partial charge in [0.15, 0.2) is 0 Å². The summed E-state index contributed by atoms with van der Waals surface area (Å²) in [7, 11) is 0. The predicted octanol–water partition coefficient (Wildman–Crippen LogP) is -5.75. The summed E-state index contributed by atoms with van der Waals surface area (Å²) in [4.78, 5) is 11.9. The topological polar surface area (TPSA) is 257 Å². The molecular weight excluding hydrogens is 408 g/mol. The largest absolute Gasteiger partial charge is 0.394 e. The first kappa shape index (κ1) is 26.1. The zero-order chi connectivity index (χ0) is 22.8. The second kappa shape index (κ2) is 11.4. The lowest BCUT2D eigenvalue weighted by molar-refractivity contribution is 0.0819. The normalized spacial score (nSPS) is 12.7. The van der Waals surface area contributed by atoms with Gasteiger partial charge in [0.2, 0.25) is 17.8 Å². The Balaban J connectivity index is 3.43. The van der Waals surface area contributed by atoms with E-state index in [0.717, 1.165) is 0 Å². The Hall–Kier alpha value is -1.95. The van der Waals surface area contributed by atoms with E-state index in [1.54, 1.807) is 0 Å². The molecule has 1 rings (SSSR count). The number of hydrogen-bond donors (Lipinski definition) is 12. The average Bonchev–Trinajstić information content (AvgIpc) is 2.79. The van der Waals surface area contributed by atoms with Crippen LogP contribution in [0.25, 0.3) is 0 Å². The molecule has 0 amide bonds. The van der Waals surface area contributed by atoms with Gasteiger partial charge in [-0.1, -0.05) is 0 Å². The number of aromatic nitrogens is 3. The first-order chi connectivity index (χ1) is 14.3. The molecule has 0 bridgehead atoms. The lowest BCUT2D eigenvalue weighted by Crippen LogP contribution is -2.51. The third-order valence-electron chi connectivity index (χ3n) is 4.49. The van der Waals surface area contributed by atoms with Crippen LogP contribution in [0.1, 0.15) is 0 Å².